The third kappa shape index (κ3) is 4.96. The first-order chi connectivity index (χ1) is 11.8. The molecule has 2 rings (SSSR count). The number of amides is 2. The maximum atomic E-state index is 12.4. The van der Waals surface area contributed by atoms with E-state index in [1.165, 1.54) is 4.90 Å². The highest BCUT2D eigenvalue weighted by Crippen LogP contribution is 2.29. The molecule has 0 unspecified atom stereocenters. The molecule has 0 aliphatic rings. The Balaban J connectivity index is 2.13. The zero-order chi connectivity index (χ0) is 18.6. The van der Waals surface area contributed by atoms with Gasteiger partial charge in [0.1, 0.15) is 5.75 Å². The number of halogens is 2. The van der Waals surface area contributed by atoms with Crippen molar-refractivity contribution in [2.24, 2.45) is 0 Å². The van der Waals surface area contributed by atoms with E-state index in [2.05, 4.69) is 21.2 Å². The molecule has 0 spiro atoms. The lowest BCUT2D eigenvalue weighted by molar-refractivity contribution is -0.122. The van der Waals surface area contributed by atoms with Gasteiger partial charge in [-0.1, -0.05) is 23.7 Å². The van der Waals surface area contributed by atoms with Crippen LogP contribution in [0.4, 0.5) is 5.69 Å². The number of rotatable bonds is 5. The Morgan fingerprint density at radius 2 is 1.88 bits per heavy atom. The number of nitrogens with zero attached hydrogens (tertiary/aromatic N) is 1. The predicted octanol–water partition coefficient (Wildman–Crippen LogP) is 4.21. The van der Waals surface area contributed by atoms with E-state index in [4.69, 9.17) is 16.3 Å². The maximum Gasteiger partial charge on any atom is 0.265 e. The van der Waals surface area contributed by atoms with Gasteiger partial charge < -0.3 is 15.0 Å². The fourth-order valence-electron chi connectivity index (χ4n) is 2.07. The van der Waals surface area contributed by atoms with Gasteiger partial charge in [0.15, 0.2) is 6.10 Å². The highest BCUT2D eigenvalue weighted by molar-refractivity contribution is 9.10. The van der Waals surface area contributed by atoms with Crippen molar-refractivity contribution in [3.63, 3.8) is 0 Å². The van der Waals surface area contributed by atoms with Crippen LogP contribution < -0.4 is 10.1 Å². The zero-order valence-electron chi connectivity index (χ0n) is 14.0. The molecule has 0 heterocycles. The number of carbonyl (C=O) groups excluding carboxylic acids is 2. The standard InChI is InChI=1S/C18H18BrClN2O3/c1-11(25-16-9-8-12(20)10-14(16)19)17(23)21-15-7-5-4-6-13(15)18(24)22(2)3/h4-11H,1-3H3,(H,21,23)/t11-/m1/s1. The minimum Gasteiger partial charge on any atom is -0.480 e. The summed E-state index contributed by atoms with van der Waals surface area (Å²) < 4.78 is 6.32. The molecule has 0 bridgehead atoms. The number of anilines is 1. The maximum absolute atomic E-state index is 12.4. The molecule has 0 aliphatic heterocycles. The van der Waals surface area contributed by atoms with Crippen molar-refractivity contribution in [3.05, 3.63) is 57.5 Å². The van der Waals surface area contributed by atoms with Crippen LogP contribution in [0.2, 0.25) is 5.02 Å². The summed E-state index contributed by atoms with van der Waals surface area (Å²) >= 11 is 9.24. The molecule has 0 radical (unpaired) electrons. The van der Waals surface area contributed by atoms with Crippen LogP contribution in [0.3, 0.4) is 0 Å². The second-order valence-corrected chi connectivity index (χ2v) is 6.86. The average molecular weight is 426 g/mol. The zero-order valence-corrected chi connectivity index (χ0v) is 16.4. The molecular formula is C18H18BrClN2O3. The van der Waals surface area contributed by atoms with Crippen LogP contribution in [0.5, 0.6) is 5.75 Å². The van der Waals surface area contributed by atoms with E-state index in [9.17, 15) is 9.59 Å². The third-order valence-corrected chi connectivity index (χ3v) is 4.24. The van der Waals surface area contributed by atoms with Crippen molar-refractivity contribution < 1.29 is 14.3 Å². The molecular weight excluding hydrogens is 408 g/mol. The third-order valence-electron chi connectivity index (χ3n) is 3.39. The van der Waals surface area contributed by atoms with Gasteiger partial charge in [-0.25, -0.2) is 0 Å². The molecule has 7 heteroatoms. The molecule has 2 amide bonds. The summed E-state index contributed by atoms with van der Waals surface area (Å²) in [5.41, 5.74) is 0.859. The average Bonchev–Trinajstić information content (AvgIpc) is 2.57. The van der Waals surface area contributed by atoms with Gasteiger partial charge in [-0.05, 0) is 53.2 Å². The minimum absolute atomic E-state index is 0.190. The van der Waals surface area contributed by atoms with Gasteiger partial charge >= 0.3 is 0 Å². The second kappa shape index (κ2) is 8.36. The molecule has 0 saturated carbocycles. The van der Waals surface area contributed by atoms with Crippen molar-refractivity contribution in [2.75, 3.05) is 19.4 Å². The molecule has 0 saturated heterocycles. The summed E-state index contributed by atoms with van der Waals surface area (Å²) in [5, 5.41) is 3.31. The quantitative estimate of drug-likeness (QED) is 0.780. The Bertz CT molecular complexity index is 796. The predicted molar refractivity (Wildman–Crippen MR) is 102 cm³/mol. The van der Waals surface area contributed by atoms with Crippen molar-refractivity contribution >= 4 is 45.0 Å². The number of nitrogens with one attached hydrogen (secondary N) is 1. The SMILES string of the molecule is C[C@@H](Oc1ccc(Cl)cc1Br)C(=O)Nc1ccccc1C(=O)N(C)C. The molecule has 25 heavy (non-hydrogen) atoms. The first-order valence-corrected chi connectivity index (χ1v) is 8.70. The minimum atomic E-state index is -0.764. The number of para-hydroxylation sites is 1. The van der Waals surface area contributed by atoms with Crippen LogP contribution in [0.1, 0.15) is 17.3 Å². The summed E-state index contributed by atoms with van der Waals surface area (Å²) in [7, 11) is 3.31. The molecule has 2 aromatic carbocycles. The fraction of sp³-hybridized carbons (Fsp3) is 0.222. The molecule has 2 aromatic rings. The molecule has 132 valence electrons. The van der Waals surface area contributed by atoms with Gasteiger partial charge in [0.05, 0.1) is 15.7 Å². The van der Waals surface area contributed by atoms with Gasteiger partial charge in [-0.2, -0.15) is 0 Å². The van der Waals surface area contributed by atoms with E-state index >= 15 is 0 Å². The summed E-state index contributed by atoms with van der Waals surface area (Å²) in [4.78, 5) is 26.1. The first kappa shape index (κ1) is 19.3. The number of ether oxygens (including phenoxy) is 1. The van der Waals surface area contributed by atoms with Gasteiger partial charge in [-0.3, -0.25) is 9.59 Å². The summed E-state index contributed by atoms with van der Waals surface area (Å²) in [5.74, 6) is -0.0459. The molecule has 0 aliphatic carbocycles. The first-order valence-electron chi connectivity index (χ1n) is 7.53. The topological polar surface area (TPSA) is 58.6 Å². The van der Waals surface area contributed by atoms with E-state index in [1.54, 1.807) is 63.5 Å². The highest BCUT2D eigenvalue weighted by atomic mass is 79.9. The Labute approximate surface area is 160 Å². The van der Waals surface area contributed by atoms with Crippen LogP contribution in [0.25, 0.3) is 0 Å². The van der Waals surface area contributed by atoms with Crippen molar-refractivity contribution in [1.82, 2.24) is 4.90 Å². The second-order valence-electron chi connectivity index (χ2n) is 5.57. The monoisotopic (exact) mass is 424 g/mol. The smallest absolute Gasteiger partial charge is 0.265 e. The highest BCUT2D eigenvalue weighted by Gasteiger charge is 2.19. The Morgan fingerprint density at radius 3 is 2.52 bits per heavy atom. The number of hydrogen-bond donors (Lipinski definition) is 1. The van der Waals surface area contributed by atoms with Crippen LogP contribution in [-0.2, 0) is 4.79 Å². The molecule has 1 atom stereocenters. The Hall–Kier alpha value is -2.05. The summed E-state index contributed by atoms with van der Waals surface area (Å²) in [6.45, 7) is 1.63. The van der Waals surface area contributed by atoms with Crippen LogP contribution in [-0.4, -0.2) is 36.9 Å². The molecule has 5 nitrogen and oxygen atoms in total. The van der Waals surface area contributed by atoms with E-state index < -0.39 is 6.10 Å². The van der Waals surface area contributed by atoms with Crippen molar-refractivity contribution in [2.45, 2.75) is 13.0 Å². The van der Waals surface area contributed by atoms with E-state index in [0.717, 1.165) is 0 Å². The van der Waals surface area contributed by atoms with Crippen molar-refractivity contribution in [1.29, 1.82) is 0 Å². The van der Waals surface area contributed by atoms with Gasteiger partial charge in [0, 0.05) is 19.1 Å². The van der Waals surface area contributed by atoms with Crippen LogP contribution >= 0.6 is 27.5 Å². The Morgan fingerprint density at radius 1 is 1.20 bits per heavy atom. The van der Waals surface area contributed by atoms with E-state index in [1.807, 2.05) is 0 Å². The molecule has 0 aromatic heterocycles. The summed E-state index contributed by atoms with van der Waals surface area (Å²) in [6.07, 6.45) is -0.764. The lowest BCUT2D eigenvalue weighted by Gasteiger charge is -2.18. The molecule has 1 N–H and O–H groups in total. The van der Waals surface area contributed by atoms with Crippen LogP contribution in [0.15, 0.2) is 46.9 Å². The van der Waals surface area contributed by atoms with Gasteiger partial charge in [-0.15, -0.1) is 0 Å². The van der Waals surface area contributed by atoms with Crippen molar-refractivity contribution in [3.8, 4) is 5.75 Å². The van der Waals surface area contributed by atoms with E-state index in [0.29, 0.717) is 26.5 Å². The normalized spacial score (nSPS) is 11.6. The number of carbonyl (C=O) groups is 2. The van der Waals surface area contributed by atoms with Gasteiger partial charge in [0.25, 0.3) is 11.8 Å². The van der Waals surface area contributed by atoms with Gasteiger partial charge in [0.2, 0.25) is 0 Å². The number of hydrogen-bond acceptors (Lipinski definition) is 3. The Kier molecular flexibility index (Phi) is 6.45. The van der Waals surface area contributed by atoms with Crippen LogP contribution in [0, 0.1) is 0 Å². The fourth-order valence-corrected chi connectivity index (χ4v) is 2.84. The lowest BCUT2D eigenvalue weighted by atomic mass is 10.1. The largest absolute Gasteiger partial charge is 0.480 e. The molecule has 0 fully saturated rings. The lowest BCUT2D eigenvalue weighted by Crippen LogP contribution is -2.31. The summed E-state index contributed by atoms with van der Waals surface area (Å²) in [6, 6.07) is 11.9. The number of benzene rings is 2. The van der Waals surface area contributed by atoms with E-state index in [-0.39, 0.29) is 11.8 Å².